The molecule has 1 aromatic rings. The normalized spacial score (nSPS) is 16.4. The average Bonchev–Trinajstić information content (AvgIpc) is 2.50. The molecule has 1 aliphatic carbocycles. The highest BCUT2D eigenvalue weighted by atomic mass is 35.5. The minimum absolute atomic E-state index is 0.184. The van der Waals surface area contributed by atoms with Crippen molar-refractivity contribution in [2.24, 2.45) is 0 Å². The number of halogens is 2. The molecule has 1 aromatic carbocycles. The van der Waals surface area contributed by atoms with Crippen LogP contribution >= 0.6 is 23.2 Å². The topological polar surface area (TPSA) is 32.7 Å². The van der Waals surface area contributed by atoms with Crippen molar-refractivity contribution in [1.29, 1.82) is 0 Å². The predicted molar refractivity (Wildman–Crippen MR) is 87.5 cm³/mol. The number of ether oxygens (including phenoxy) is 1. The Balaban J connectivity index is 1.86. The molecule has 0 saturated heterocycles. The van der Waals surface area contributed by atoms with Crippen LogP contribution in [0.5, 0.6) is 5.75 Å². The minimum Gasteiger partial charge on any atom is -0.489 e. The van der Waals surface area contributed by atoms with Crippen LogP contribution in [-0.4, -0.2) is 42.4 Å². The van der Waals surface area contributed by atoms with E-state index in [9.17, 15) is 5.11 Å². The van der Waals surface area contributed by atoms with Crippen LogP contribution in [0.2, 0.25) is 10.0 Å². The third-order valence-corrected chi connectivity index (χ3v) is 4.62. The molecule has 0 radical (unpaired) electrons. The Hall–Kier alpha value is -0.480. The van der Waals surface area contributed by atoms with Gasteiger partial charge in [0.05, 0.1) is 16.7 Å². The van der Waals surface area contributed by atoms with Gasteiger partial charge in [-0.1, -0.05) is 48.5 Å². The van der Waals surface area contributed by atoms with E-state index < -0.39 is 0 Å². The van der Waals surface area contributed by atoms with Crippen molar-refractivity contribution in [3.8, 4) is 5.75 Å². The minimum atomic E-state index is 0.184. The molecule has 3 nitrogen and oxygen atoms in total. The average molecular weight is 332 g/mol. The fourth-order valence-corrected chi connectivity index (χ4v) is 3.44. The standard InChI is InChI=1S/C16H23Cl2NO2/c17-14-7-4-8-15(18)16(14)21-12-10-19(9-11-20)13-5-2-1-3-6-13/h4,7-8,13,20H,1-3,5-6,9-12H2. The van der Waals surface area contributed by atoms with Crippen LogP contribution in [0.4, 0.5) is 0 Å². The van der Waals surface area contributed by atoms with Gasteiger partial charge in [-0.05, 0) is 25.0 Å². The highest BCUT2D eigenvalue weighted by Crippen LogP contribution is 2.32. The monoisotopic (exact) mass is 331 g/mol. The Morgan fingerprint density at radius 3 is 2.38 bits per heavy atom. The lowest BCUT2D eigenvalue weighted by atomic mass is 9.94. The quantitative estimate of drug-likeness (QED) is 0.819. The van der Waals surface area contributed by atoms with E-state index in [1.54, 1.807) is 18.2 Å². The van der Waals surface area contributed by atoms with Crippen molar-refractivity contribution in [2.75, 3.05) is 26.3 Å². The van der Waals surface area contributed by atoms with E-state index in [2.05, 4.69) is 4.90 Å². The molecule has 0 aliphatic heterocycles. The largest absolute Gasteiger partial charge is 0.489 e. The molecule has 1 N–H and O–H groups in total. The van der Waals surface area contributed by atoms with Gasteiger partial charge in [-0.15, -0.1) is 0 Å². The summed E-state index contributed by atoms with van der Waals surface area (Å²) in [5.74, 6) is 0.549. The molecule has 0 bridgehead atoms. The zero-order chi connectivity index (χ0) is 15.1. The van der Waals surface area contributed by atoms with E-state index in [-0.39, 0.29) is 6.61 Å². The smallest absolute Gasteiger partial charge is 0.156 e. The summed E-state index contributed by atoms with van der Waals surface area (Å²) in [6.45, 7) is 2.19. The van der Waals surface area contributed by atoms with Crippen LogP contribution in [0.25, 0.3) is 0 Å². The van der Waals surface area contributed by atoms with E-state index in [1.807, 2.05) is 0 Å². The maximum absolute atomic E-state index is 9.25. The Morgan fingerprint density at radius 1 is 1.10 bits per heavy atom. The van der Waals surface area contributed by atoms with E-state index >= 15 is 0 Å². The molecule has 2 rings (SSSR count). The molecule has 1 fully saturated rings. The van der Waals surface area contributed by atoms with Crippen LogP contribution in [0.15, 0.2) is 18.2 Å². The van der Waals surface area contributed by atoms with E-state index in [0.29, 0.717) is 35.0 Å². The van der Waals surface area contributed by atoms with E-state index in [4.69, 9.17) is 27.9 Å². The Labute approximate surface area is 136 Å². The van der Waals surface area contributed by atoms with E-state index in [1.165, 1.54) is 32.1 Å². The van der Waals surface area contributed by atoms with Gasteiger partial charge < -0.3 is 9.84 Å². The summed E-state index contributed by atoms with van der Waals surface area (Å²) < 4.78 is 5.75. The Kier molecular flexibility index (Phi) is 7.11. The second-order valence-electron chi connectivity index (χ2n) is 5.45. The van der Waals surface area contributed by atoms with Crippen LogP contribution in [0.1, 0.15) is 32.1 Å². The number of hydrogen-bond donors (Lipinski definition) is 1. The number of para-hydroxylation sites is 1. The van der Waals surface area contributed by atoms with Crippen molar-refractivity contribution >= 4 is 23.2 Å². The summed E-state index contributed by atoms with van der Waals surface area (Å²) in [5, 5.41) is 10.3. The van der Waals surface area contributed by atoms with Gasteiger partial charge in [0.1, 0.15) is 6.61 Å². The SMILES string of the molecule is OCCN(CCOc1c(Cl)cccc1Cl)C1CCCCC1. The number of rotatable bonds is 7. The highest BCUT2D eigenvalue weighted by Gasteiger charge is 2.20. The molecule has 0 atom stereocenters. The first-order chi connectivity index (χ1) is 10.2. The van der Waals surface area contributed by atoms with E-state index in [0.717, 1.165) is 6.54 Å². The van der Waals surface area contributed by atoms with Crippen LogP contribution < -0.4 is 4.74 Å². The Bertz CT molecular complexity index is 416. The lowest BCUT2D eigenvalue weighted by Gasteiger charge is -2.33. The molecule has 1 saturated carbocycles. The predicted octanol–water partition coefficient (Wildman–Crippen LogP) is 4.00. The van der Waals surface area contributed by atoms with Crippen molar-refractivity contribution in [1.82, 2.24) is 4.90 Å². The second kappa shape index (κ2) is 8.84. The summed E-state index contributed by atoms with van der Waals surface area (Å²) in [6, 6.07) is 5.92. The summed E-state index contributed by atoms with van der Waals surface area (Å²) >= 11 is 12.2. The van der Waals surface area contributed by atoms with Crippen LogP contribution in [0, 0.1) is 0 Å². The molecule has 118 valence electrons. The molecule has 0 aromatic heterocycles. The maximum atomic E-state index is 9.25. The van der Waals surface area contributed by atoms with Crippen molar-refractivity contribution in [3.05, 3.63) is 28.2 Å². The van der Waals surface area contributed by atoms with Gasteiger partial charge in [0.2, 0.25) is 0 Å². The lowest BCUT2D eigenvalue weighted by molar-refractivity contribution is 0.106. The summed E-state index contributed by atoms with van der Waals surface area (Å²) in [4.78, 5) is 2.32. The van der Waals surface area contributed by atoms with Crippen molar-refractivity contribution in [3.63, 3.8) is 0 Å². The molecule has 0 spiro atoms. The number of aliphatic hydroxyl groups is 1. The number of hydrogen-bond acceptors (Lipinski definition) is 3. The first-order valence-electron chi connectivity index (χ1n) is 7.64. The van der Waals surface area contributed by atoms with Gasteiger partial charge in [-0.25, -0.2) is 0 Å². The third kappa shape index (κ3) is 5.03. The first kappa shape index (κ1) is 16.9. The fraction of sp³-hybridized carbons (Fsp3) is 0.625. The zero-order valence-corrected chi connectivity index (χ0v) is 13.7. The van der Waals surface area contributed by atoms with Gasteiger partial charge in [0.25, 0.3) is 0 Å². The van der Waals surface area contributed by atoms with Gasteiger partial charge in [0, 0.05) is 19.1 Å². The van der Waals surface area contributed by atoms with Crippen LogP contribution in [0.3, 0.4) is 0 Å². The third-order valence-electron chi connectivity index (χ3n) is 4.02. The molecular weight excluding hydrogens is 309 g/mol. The number of aliphatic hydroxyl groups excluding tert-OH is 1. The van der Waals surface area contributed by atoms with Crippen molar-refractivity contribution in [2.45, 2.75) is 38.1 Å². The summed E-state index contributed by atoms with van der Waals surface area (Å²) in [5.41, 5.74) is 0. The van der Waals surface area contributed by atoms with Gasteiger partial charge in [-0.2, -0.15) is 0 Å². The molecule has 0 unspecified atom stereocenters. The van der Waals surface area contributed by atoms with Crippen LogP contribution in [-0.2, 0) is 0 Å². The highest BCUT2D eigenvalue weighted by molar-refractivity contribution is 6.37. The molecule has 1 aliphatic rings. The molecule has 21 heavy (non-hydrogen) atoms. The molecule has 0 amide bonds. The molecule has 0 heterocycles. The maximum Gasteiger partial charge on any atom is 0.156 e. The van der Waals surface area contributed by atoms with Gasteiger partial charge in [-0.3, -0.25) is 4.90 Å². The number of nitrogens with zero attached hydrogens (tertiary/aromatic N) is 1. The second-order valence-corrected chi connectivity index (χ2v) is 6.27. The van der Waals surface area contributed by atoms with Gasteiger partial charge >= 0.3 is 0 Å². The molecule has 5 heteroatoms. The number of benzene rings is 1. The van der Waals surface area contributed by atoms with Crippen molar-refractivity contribution < 1.29 is 9.84 Å². The molecular formula is C16H23Cl2NO2. The summed E-state index contributed by atoms with van der Waals surface area (Å²) in [6.07, 6.45) is 6.32. The lowest BCUT2D eigenvalue weighted by Crippen LogP contribution is -2.41. The summed E-state index contributed by atoms with van der Waals surface area (Å²) in [7, 11) is 0. The first-order valence-corrected chi connectivity index (χ1v) is 8.39. The van der Waals surface area contributed by atoms with Gasteiger partial charge in [0.15, 0.2) is 5.75 Å². The fourth-order valence-electron chi connectivity index (χ4n) is 2.94. The Morgan fingerprint density at radius 2 is 1.76 bits per heavy atom. The zero-order valence-electron chi connectivity index (χ0n) is 12.2.